The Morgan fingerprint density at radius 1 is 1.04 bits per heavy atom. The summed E-state index contributed by atoms with van der Waals surface area (Å²) in [5.74, 6) is 0.649. The van der Waals surface area contributed by atoms with Crippen molar-refractivity contribution in [2.45, 2.75) is 11.4 Å². The molecule has 2 aromatic carbocycles. The molecule has 0 atom stereocenters. The molecule has 0 aliphatic carbocycles. The van der Waals surface area contributed by atoms with Gasteiger partial charge in [0.2, 0.25) is 10.0 Å². The number of hydrogen-bond donors (Lipinski definition) is 1. The Hall–Kier alpha value is -1.60. The van der Waals surface area contributed by atoms with Crippen molar-refractivity contribution in [2.75, 3.05) is 33.3 Å². The summed E-state index contributed by atoms with van der Waals surface area (Å²) in [7, 11) is -1.88. The maximum atomic E-state index is 12.8. The van der Waals surface area contributed by atoms with Crippen LogP contribution in [0.4, 0.5) is 0 Å². The molecular formula is C18H22ClN2O3S+. The molecule has 134 valence electrons. The van der Waals surface area contributed by atoms with Crippen LogP contribution in [0.2, 0.25) is 5.02 Å². The van der Waals surface area contributed by atoms with Gasteiger partial charge in [-0.1, -0.05) is 23.7 Å². The highest BCUT2D eigenvalue weighted by Gasteiger charge is 2.30. The zero-order valence-electron chi connectivity index (χ0n) is 14.1. The lowest BCUT2D eigenvalue weighted by atomic mass is 10.2. The van der Waals surface area contributed by atoms with E-state index in [1.54, 1.807) is 35.7 Å². The molecule has 0 bridgehead atoms. The van der Waals surface area contributed by atoms with E-state index in [-0.39, 0.29) is 0 Å². The second kappa shape index (κ2) is 7.74. The van der Waals surface area contributed by atoms with Gasteiger partial charge in [-0.2, -0.15) is 4.31 Å². The molecule has 1 aliphatic rings. The fraction of sp³-hybridized carbons (Fsp3) is 0.333. The largest absolute Gasteiger partial charge is 0.497 e. The average molecular weight is 382 g/mol. The Kier molecular flexibility index (Phi) is 5.64. The maximum absolute atomic E-state index is 12.8. The van der Waals surface area contributed by atoms with Gasteiger partial charge in [0, 0.05) is 10.6 Å². The number of benzene rings is 2. The highest BCUT2D eigenvalue weighted by atomic mass is 35.5. The second-order valence-corrected chi connectivity index (χ2v) is 8.51. The van der Waals surface area contributed by atoms with Crippen molar-refractivity contribution in [3.63, 3.8) is 0 Å². The number of methoxy groups -OCH3 is 1. The van der Waals surface area contributed by atoms with Gasteiger partial charge >= 0.3 is 0 Å². The van der Waals surface area contributed by atoms with Crippen molar-refractivity contribution in [1.82, 2.24) is 4.31 Å². The Labute approximate surface area is 153 Å². The molecule has 5 nitrogen and oxygen atoms in total. The van der Waals surface area contributed by atoms with Crippen molar-refractivity contribution in [3.05, 3.63) is 59.1 Å². The first-order valence-electron chi connectivity index (χ1n) is 8.21. The normalized spacial score (nSPS) is 16.7. The van der Waals surface area contributed by atoms with E-state index in [1.165, 1.54) is 10.5 Å². The molecule has 0 radical (unpaired) electrons. The molecule has 1 N–H and O–H groups in total. The fourth-order valence-corrected chi connectivity index (χ4v) is 4.57. The molecule has 1 aliphatic heterocycles. The molecule has 3 rings (SSSR count). The van der Waals surface area contributed by atoms with Gasteiger partial charge in [-0.05, 0) is 36.4 Å². The zero-order chi connectivity index (χ0) is 17.9. The van der Waals surface area contributed by atoms with Crippen LogP contribution in [0, 0.1) is 0 Å². The van der Waals surface area contributed by atoms with Crippen molar-refractivity contribution in [1.29, 1.82) is 0 Å². The van der Waals surface area contributed by atoms with E-state index in [4.69, 9.17) is 16.3 Å². The summed E-state index contributed by atoms with van der Waals surface area (Å²) in [4.78, 5) is 1.69. The smallest absolute Gasteiger partial charge is 0.243 e. The molecule has 25 heavy (non-hydrogen) atoms. The molecule has 1 heterocycles. The molecule has 0 aromatic heterocycles. The number of nitrogens with one attached hydrogen (secondary N) is 1. The topological polar surface area (TPSA) is 51.1 Å². The summed E-state index contributed by atoms with van der Waals surface area (Å²) < 4.78 is 32.2. The van der Waals surface area contributed by atoms with Gasteiger partial charge in [0.15, 0.2) is 0 Å². The van der Waals surface area contributed by atoms with E-state index in [2.05, 4.69) is 0 Å². The van der Waals surface area contributed by atoms with Crippen LogP contribution in [-0.2, 0) is 16.6 Å². The highest BCUT2D eigenvalue weighted by Crippen LogP contribution is 2.19. The number of hydrogen-bond acceptors (Lipinski definition) is 3. The average Bonchev–Trinajstić information content (AvgIpc) is 2.64. The Balaban J connectivity index is 1.61. The minimum absolute atomic E-state index is 0.314. The Bertz CT molecular complexity index is 799. The summed E-state index contributed by atoms with van der Waals surface area (Å²) >= 11 is 5.91. The van der Waals surface area contributed by atoms with Gasteiger partial charge in [0.1, 0.15) is 12.3 Å². The van der Waals surface area contributed by atoms with E-state index in [0.29, 0.717) is 23.7 Å². The molecule has 0 saturated carbocycles. The SMILES string of the molecule is COc1ccc(S(=O)(=O)N2CC[NH+](Cc3ccc(Cl)cc3)CC2)cc1. The number of quaternary nitrogens is 1. The van der Waals surface area contributed by atoms with Crippen molar-refractivity contribution in [2.24, 2.45) is 0 Å². The number of ether oxygens (including phenoxy) is 1. The summed E-state index contributed by atoms with van der Waals surface area (Å²) in [6, 6.07) is 14.4. The standard InChI is InChI=1S/C18H21ClN2O3S/c1-24-17-6-8-18(9-7-17)25(22,23)21-12-10-20(11-13-21)14-15-2-4-16(19)5-3-15/h2-9H,10-14H2,1H3/p+1. The lowest BCUT2D eigenvalue weighted by Crippen LogP contribution is -3.13. The highest BCUT2D eigenvalue weighted by molar-refractivity contribution is 7.89. The van der Waals surface area contributed by atoms with E-state index >= 15 is 0 Å². The van der Waals surface area contributed by atoms with E-state index in [9.17, 15) is 8.42 Å². The van der Waals surface area contributed by atoms with Crippen LogP contribution >= 0.6 is 11.6 Å². The van der Waals surface area contributed by atoms with Crippen LogP contribution < -0.4 is 9.64 Å². The van der Waals surface area contributed by atoms with Crippen LogP contribution in [0.3, 0.4) is 0 Å². The lowest BCUT2D eigenvalue weighted by molar-refractivity contribution is -0.917. The van der Waals surface area contributed by atoms with Gasteiger partial charge in [-0.25, -0.2) is 8.42 Å². The van der Waals surface area contributed by atoms with Gasteiger partial charge in [0.25, 0.3) is 0 Å². The maximum Gasteiger partial charge on any atom is 0.243 e. The summed E-state index contributed by atoms with van der Waals surface area (Å²) in [5, 5.41) is 0.731. The van der Waals surface area contributed by atoms with E-state index in [0.717, 1.165) is 24.7 Å². The first kappa shape index (κ1) is 18.2. The van der Waals surface area contributed by atoms with Gasteiger partial charge in [-0.3, -0.25) is 0 Å². The number of nitrogens with zero attached hydrogens (tertiary/aromatic N) is 1. The third-order valence-electron chi connectivity index (χ3n) is 4.49. The van der Waals surface area contributed by atoms with Crippen LogP contribution in [0.25, 0.3) is 0 Å². The molecular weight excluding hydrogens is 360 g/mol. The Morgan fingerprint density at radius 2 is 1.64 bits per heavy atom. The lowest BCUT2D eigenvalue weighted by Gasteiger charge is -2.31. The summed E-state index contributed by atoms with van der Waals surface area (Å²) in [6.45, 7) is 3.51. The summed E-state index contributed by atoms with van der Waals surface area (Å²) in [6.07, 6.45) is 0. The van der Waals surface area contributed by atoms with Crippen molar-refractivity contribution >= 4 is 21.6 Å². The van der Waals surface area contributed by atoms with E-state index in [1.807, 2.05) is 24.3 Å². The van der Waals surface area contributed by atoms with Gasteiger partial charge in [-0.15, -0.1) is 0 Å². The Morgan fingerprint density at radius 3 is 2.20 bits per heavy atom. The van der Waals surface area contributed by atoms with Gasteiger partial charge in [0.05, 0.1) is 38.2 Å². The number of piperazine rings is 1. The first-order valence-corrected chi connectivity index (χ1v) is 10.0. The van der Waals surface area contributed by atoms with Gasteiger partial charge < -0.3 is 9.64 Å². The second-order valence-electron chi connectivity index (χ2n) is 6.13. The monoisotopic (exact) mass is 381 g/mol. The molecule has 1 saturated heterocycles. The van der Waals surface area contributed by atoms with Crippen molar-refractivity contribution in [3.8, 4) is 5.75 Å². The van der Waals surface area contributed by atoms with Crippen LogP contribution in [0.5, 0.6) is 5.75 Å². The van der Waals surface area contributed by atoms with Crippen LogP contribution in [0.15, 0.2) is 53.4 Å². The molecule has 0 spiro atoms. The molecule has 0 amide bonds. The molecule has 1 fully saturated rings. The summed E-state index contributed by atoms with van der Waals surface area (Å²) in [5.41, 5.74) is 1.21. The third-order valence-corrected chi connectivity index (χ3v) is 6.66. The van der Waals surface area contributed by atoms with E-state index < -0.39 is 10.0 Å². The number of rotatable bonds is 5. The molecule has 2 aromatic rings. The quantitative estimate of drug-likeness (QED) is 0.852. The molecule has 0 unspecified atom stereocenters. The number of sulfonamides is 1. The predicted octanol–water partition coefficient (Wildman–Crippen LogP) is 1.44. The zero-order valence-corrected chi connectivity index (χ0v) is 15.7. The fourth-order valence-electron chi connectivity index (χ4n) is 3.01. The first-order chi connectivity index (χ1) is 12.0. The van der Waals surface area contributed by atoms with Crippen LogP contribution in [-0.4, -0.2) is 46.0 Å². The molecule has 7 heteroatoms. The third kappa shape index (κ3) is 4.33. The minimum atomic E-state index is -3.44. The predicted molar refractivity (Wildman–Crippen MR) is 97.6 cm³/mol. The van der Waals surface area contributed by atoms with Crippen LogP contribution in [0.1, 0.15) is 5.56 Å². The minimum Gasteiger partial charge on any atom is -0.497 e. The number of halogens is 1. The van der Waals surface area contributed by atoms with Crippen molar-refractivity contribution < 1.29 is 18.1 Å².